The Kier molecular flexibility index (Phi) is 3.73. The number of hydrogen-bond acceptors (Lipinski definition) is 4. The van der Waals surface area contributed by atoms with Crippen molar-refractivity contribution in [1.29, 1.82) is 0 Å². The molecule has 2 aliphatic heterocycles. The van der Waals surface area contributed by atoms with Crippen molar-refractivity contribution in [2.45, 2.75) is 37.3 Å². The number of piperidine rings is 1. The lowest BCUT2D eigenvalue weighted by Crippen LogP contribution is -2.43. The average Bonchev–Trinajstić information content (AvgIpc) is 3.24. The van der Waals surface area contributed by atoms with E-state index in [2.05, 4.69) is 27.5 Å². The average molecular weight is 315 g/mol. The van der Waals surface area contributed by atoms with Gasteiger partial charge >= 0.3 is 0 Å². The fraction of sp³-hybridized carbons (Fsp3) is 0.647. The lowest BCUT2D eigenvalue weighted by atomic mass is 9.84. The van der Waals surface area contributed by atoms with Crippen molar-refractivity contribution in [2.75, 3.05) is 19.7 Å². The second-order valence-electron chi connectivity index (χ2n) is 7.14. The second kappa shape index (κ2) is 5.76. The van der Waals surface area contributed by atoms with Crippen LogP contribution in [-0.2, 0) is 25.4 Å². The summed E-state index contributed by atoms with van der Waals surface area (Å²) in [5.41, 5.74) is 2.71. The van der Waals surface area contributed by atoms with E-state index in [4.69, 9.17) is 4.74 Å². The van der Waals surface area contributed by atoms with E-state index in [0.29, 0.717) is 5.92 Å². The summed E-state index contributed by atoms with van der Waals surface area (Å²) in [7, 11) is 3.95. The van der Waals surface area contributed by atoms with Gasteiger partial charge in [-0.3, -0.25) is 14.3 Å². The SMILES string of the molecule is Cn1cc(CN2CCC3(CC2)C[C@H](c2cnn(C)c2)CO3)cn1. The van der Waals surface area contributed by atoms with Gasteiger partial charge in [0.2, 0.25) is 0 Å². The first-order valence-corrected chi connectivity index (χ1v) is 8.44. The summed E-state index contributed by atoms with van der Waals surface area (Å²) >= 11 is 0. The Hall–Kier alpha value is -1.66. The first-order valence-electron chi connectivity index (χ1n) is 8.44. The molecule has 0 amide bonds. The maximum absolute atomic E-state index is 6.28. The highest BCUT2D eigenvalue weighted by molar-refractivity contribution is 5.15. The van der Waals surface area contributed by atoms with Crippen molar-refractivity contribution in [3.05, 3.63) is 35.9 Å². The van der Waals surface area contributed by atoms with Crippen LogP contribution in [0.3, 0.4) is 0 Å². The van der Waals surface area contributed by atoms with Crippen molar-refractivity contribution in [3.63, 3.8) is 0 Å². The molecule has 4 heterocycles. The molecular weight excluding hydrogens is 290 g/mol. The van der Waals surface area contributed by atoms with Gasteiger partial charge in [0.1, 0.15) is 0 Å². The molecule has 6 nitrogen and oxygen atoms in total. The van der Waals surface area contributed by atoms with Crippen LogP contribution in [0.1, 0.15) is 36.3 Å². The van der Waals surface area contributed by atoms with Crippen LogP contribution in [-0.4, -0.2) is 49.8 Å². The highest BCUT2D eigenvalue weighted by Gasteiger charge is 2.43. The number of aryl methyl sites for hydroxylation is 2. The van der Waals surface area contributed by atoms with Gasteiger partial charge in [-0.15, -0.1) is 0 Å². The topological polar surface area (TPSA) is 48.1 Å². The van der Waals surface area contributed by atoms with Gasteiger partial charge in [0, 0.05) is 57.6 Å². The van der Waals surface area contributed by atoms with Gasteiger partial charge in [-0.1, -0.05) is 0 Å². The van der Waals surface area contributed by atoms with Crippen LogP contribution in [0.4, 0.5) is 0 Å². The Morgan fingerprint density at radius 2 is 1.87 bits per heavy atom. The lowest BCUT2D eigenvalue weighted by Gasteiger charge is -2.38. The Bertz CT molecular complexity index is 668. The number of likely N-dealkylation sites (tertiary alicyclic amines) is 1. The summed E-state index contributed by atoms with van der Waals surface area (Å²) in [4.78, 5) is 2.52. The number of rotatable bonds is 3. The predicted octanol–water partition coefficient (Wildman–Crippen LogP) is 1.69. The molecule has 2 aromatic rings. The van der Waals surface area contributed by atoms with Crippen molar-refractivity contribution in [1.82, 2.24) is 24.5 Å². The van der Waals surface area contributed by atoms with Crippen LogP contribution in [0.2, 0.25) is 0 Å². The minimum Gasteiger partial charge on any atom is -0.374 e. The zero-order valence-corrected chi connectivity index (χ0v) is 14.0. The van der Waals surface area contributed by atoms with E-state index in [1.807, 2.05) is 35.9 Å². The molecule has 2 saturated heterocycles. The Morgan fingerprint density at radius 3 is 2.52 bits per heavy atom. The molecule has 0 unspecified atom stereocenters. The van der Waals surface area contributed by atoms with Gasteiger partial charge in [0.15, 0.2) is 0 Å². The van der Waals surface area contributed by atoms with Crippen molar-refractivity contribution >= 4 is 0 Å². The Balaban J connectivity index is 1.34. The summed E-state index contributed by atoms with van der Waals surface area (Å²) in [5, 5.41) is 8.56. The molecule has 124 valence electrons. The van der Waals surface area contributed by atoms with Gasteiger partial charge in [-0.05, 0) is 24.8 Å². The quantitative estimate of drug-likeness (QED) is 0.865. The van der Waals surface area contributed by atoms with E-state index >= 15 is 0 Å². The van der Waals surface area contributed by atoms with Gasteiger partial charge in [-0.25, -0.2) is 0 Å². The summed E-state index contributed by atoms with van der Waals surface area (Å²) in [5.74, 6) is 0.508. The highest BCUT2D eigenvalue weighted by atomic mass is 16.5. The molecule has 0 saturated carbocycles. The van der Waals surface area contributed by atoms with E-state index in [1.165, 1.54) is 11.1 Å². The summed E-state index contributed by atoms with van der Waals surface area (Å²) in [6, 6.07) is 0. The van der Waals surface area contributed by atoms with Gasteiger partial charge in [0.25, 0.3) is 0 Å². The van der Waals surface area contributed by atoms with Crippen molar-refractivity contribution in [3.8, 4) is 0 Å². The van der Waals surface area contributed by atoms with Crippen molar-refractivity contribution in [2.24, 2.45) is 14.1 Å². The molecule has 4 rings (SSSR count). The van der Waals surface area contributed by atoms with E-state index in [1.54, 1.807) is 0 Å². The maximum Gasteiger partial charge on any atom is 0.0713 e. The summed E-state index contributed by atoms with van der Waals surface area (Å²) in [6.07, 6.45) is 11.6. The second-order valence-corrected chi connectivity index (χ2v) is 7.14. The zero-order valence-electron chi connectivity index (χ0n) is 14.0. The van der Waals surface area contributed by atoms with Crippen LogP contribution >= 0.6 is 0 Å². The molecule has 2 aromatic heterocycles. The third kappa shape index (κ3) is 3.05. The third-order valence-corrected chi connectivity index (χ3v) is 5.34. The number of ether oxygens (including phenoxy) is 1. The monoisotopic (exact) mass is 315 g/mol. The minimum atomic E-state index is 0.0892. The first kappa shape index (κ1) is 14.9. The zero-order chi connectivity index (χ0) is 15.9. The molecular formula is C17H25N5O. The molecule has 0 aliphatic carbocycles. The molecule has 23 heavy (non-hydrogen) atoms. The summed E-state index contributed by atoms with van der Waals surface area (Å²) < 4.78 is 10.0. The minimum absolute atomic E-state index is 0.0892. The van der Waals surface area contributed by atoms with Gasteiger partial charge < -0.3 is 4.74 Å². The predicted molar refractivity (Wildman–Crippen MR) is 87.0 cm³/mol. The van der Waals surface area contributed by atoms with E-state index < -0.39 is 0 Å². The smallest absolute Gasteiger partial charge is 0.0713 e. The maximum atomic E-state index is 6.28. The van der Waals surface area contributed by atoms with E-state index in [-0.39, 0.29) is 5.60 Å². The number of hydrogen-bond donors (Lipinski definition) is 0. The van der Waals surface area contributed by atoms with Crippen molar-refractivity contribution < 1.29 is 4.74 Å². The molecule has 6 heteroatoms. The molecule has 0 N–H and O–H groups in total. The van der Waals surface area contributed by atoms with E-state index in [0.717, 1.165) is 45.5 Å². The molecule has 0 aromatic carbocycles. The van der Waals surface area contributed by atoms with Gasteiger partial charge in [-0.2, -0.15) is 10.2 Å². The van der Waals surface area contributed by atoms with Crippen LogP contribution < -0.4 is 0 Å². The molecule has 2 fully saturated rings. The normalized spacial score (nSPS) is 24.5. The molecule has 2 aliphatic rings. The highest BCUT2D eigenvalue weighted by Crippen LogP contribution is 2.42. The largest absolute Gasteiger partial charge is 0.374 e. The fourth-order valence-corrected chi connectivity index (χ4v) is 3.99. The standard InChI is InChI=1S/C17H25N5O/c1-20-10-14(8-18-20)11-22-5-3-17(4-6-22)7-15(13-23-17)16-9-19-21(2)12-16/h8-10,12,15H,3-7,11,13H2,1-2H3/t15-/m0/s1. The fourth-order valence-electron chi connectivity index (χ4n) is 3.99. The molecule has 0 bridgehead atoms. The van der Waals surface area contributed by atoms with E-state index in [9.17, 15) is 0 Å². The van der Waals surface area contributed by atoms with Crippen LogP contribution in [0.15, 0.2) is 24.8 Å². The summed E-state index contributed by atoms with van der Waals surface area (Å²) in [6.45, 7) is 4.05. The Morgan fingerprint density at radius 1 is 1.13 bits per heavy atom. The van der Waals surface area contributed by atoms with Crippen LogP contribution in [0, 0.1) is 0 Å². The third-order valence-electron chi connectivity index (χ3n) is 5.34. The lowest BCUT2D eigenvalue weighted by molar-refractivity contribution is -0.0448. The van der Waals surface area contributed by atoms with Gasteiger partial charge in [0.05, 0.1) is 24.6 Å². The number of nitrogens with zero attached hydrogens (tertiary/aromatic N) is 5. The first-order chi connectivity index (χ1) is 11.1. The van der Waals surface area contributed by atoms with Crippen LogP contribution in [0.25, 0.3) is 0 Å². The molecule has 0 radical (unpaired) electrons. The Labute approximate surface area is 137 Å². The van der Waals surface area contributed by atoms with Crippen LogP contribution in [0.5, 0.6) is 0 Å². The molecule has 1 atom stereocenters. The molecule has 1 spiro atoms. The number of aromatic nitrogens is 4.